The van der Waals surface area contributed by atoms with Crippen LogP contribution in [0.5, 0.6) is 0 Å². The number of methoxy groups -OCH3 is 1. The second-order valence-corrected chi connectivity index (χ2v) is 3.73. The number of rotatable bonds is 3. The zero-order chi connectivity index (χ0) is 8.55. The number of nitrogens with one attached hydrogen (secondary N) is 1. The minimum absolute atomic E-state index is 0.0856. The summed E-state index contributed by atoms with van der Waals surface area (Å²) in [6, 6.07) is 0.0856. The van der Waals surface area contributed by atoms with Gasteiger partial charge in [-0.3, -0.25) is 4.79 Å². The maximum atomic E-state index is 11.6. The molecule has 2 aliphatic rings. The van der Waals surface area contributed by atoms with Crippen LogP contribution >= 0.6 is 0 Å². The molecule has 0 bridgehead atoms. The SMILES string of the molecule is COC1CNC(C(=O)C2CC2)C1. The van der Waals surface area contributed by atoms with Crippen LogP contribution in [0.2, 0.25) is 0 Å². The van der Waals surface area contributed by atoms with Crippen molar-refractivity contribution in [3.8, 4) is 0 Å². The first-order valence-electron chi connectivity index (χ1n) is 4.61. The van der Waals surface area contributed by atoms with Gasteiger partial charge in [-0.15, -0.1) is 0 Å². The largest absolute Gasteiger partial charge is 0.380 e. The maximum Gasteiger partial charge on any atom is 0.152 e. The Morgan fingerprint density at radius 2 is 2.25 bits per heavy atom. The number of Topliss-reactive ketones (excluding diaryl/α,β-unsaturated/α-hetero) is 1. The van der Waals surface area contributed by atoms with E-state index in [-0.39, 0.29) is 12.1 Å². The van der Waals surface area contributed by atoms with Crippen molar-refractivity contribution in [3.63, 3.8) is 0 Å². The van der Waals surface area contributed by atoms with E-state index < -0.39 is 0 Å². The standard InChI is InChI=1S/C9H15NO2/c1-12-7-4-8(10-5-7)9(11)6-2-3-6/h6-8,10H,2-5H2,1H3. The summed E-state index contributed by atoms with van der Waals surface area (Å²) in [6.07, 6.45) is 3.33. The second-order valence-electron chi connectivity index (χ2n) is 3.73. The summed E-state index contributed by atoms with van der Waals surface area (Å²) in [5.41, 5.74) is 0. The number of carbonyl (C=O) groups excluding carboxylic acids is 1. The van der Waals surface area contributed by atoms with Crippen LogP contribution in [-0.2, 0) is 9.53 Å². The van der Waals surface area contributed by atoms with Crippen molar-refractivity contribution in [1.29, 1.82) is 0 Å². The highest BCUT2D eigenvalue weighted by atomic mass is 16.5. The van der Waals surface area contributed by atoms with Gasteiger partial charge in [0.25, 0.3) is 0 Å². The molecule has 1 saturated carbocycles. The Bertz CT molecular complexity index is 189. The van der Waals surface area contributed by atoms with E-state index >= 15 is 0 Å². The quantitative estimate of drug-likeness (QED) is 0.662. The monoisotopic (exact) mass is 169 g/mol. The zero-order valence-corrected chi connectivity index (χ0v) is 7.38. The van der Waals surface area contributed by atoms with Crippen molar-refractivity contribution in [2.75, 3.05) is 13.7 Å². The average molecular weight is 169 g/mol. The molecule has 0 aromatic rings. The van der Waals surface area contributed by atoms with Crippen LogP contribution in [0.3, 0.4) is 0 Å². The van der Waals surface area contributed by atoms with Gasteiger partial charge in [0.15, 0.2) is 5.78 Å². The molecule has 0 aromatic carbocycles. The molecule has 0 aromatic heterocycles. The molecule has 0 spiro atoms. The van der Waals surface area contributed by atoms with E-state index in [1.807, 2.05) is 0 Å². The highest BCUT2D eigenvalue weighted by Gasteiger charge is 2.38. The molecule has 3 heteroatoms. The van der Waals surface area contributed by atoms with Gasteiger partial charge < -0.3 is 10.1 Å². The molecule has 3 nitrogen and oxygen atoms in total. The van der Waals surface area contributed by atoms with E-state index in [2.05, 4.69) is 5.32 Å². The lowest BCUT2D eigenvalue weighted by atomic mass is 10.1. The fraction of sp³-hybridized carbons (Fsp3) is 0.889. The van der Waals surface area contributed by atoms with Crippen LogP contribution < -0.4 is 5.32 Å². The molecule has 1 heterocycles. The van der Waals surface area contributed by atoms with Crippen molar-refractivity contribution in [2.24, 2.45) is 5.92 Å². The van der Waals surface area contributed by atoms with E-state index in [1.165, 1.54) is 0 Å². The molecule has 0 amide bonds. The molecule has 1 N–H and O–H groups in total. The third-order valence-electron chi connectivity index (χ3n) is 2.75. The van der Waals surface area contributed by atoms with E-state index in [1.54, 1.807) is 7.11 Å². The van der Waals surface area contributed by atoms with Crippen LogP contribution in [0.4, 0.5) is 0 Å². The molecule has 12 heavy (non-hydrogen) atoms. The lowest BCUT2D eigenvalue weighted by molar-refractivity contribution is -0.122. The number of ketones is 1. The third kappa shape index (κ3) is 1.52. The van der Waals surface area contributed by atoms with E-state index in [0.29, 0.717) is 11.7 Å². The van der Waals surface area contributed by atoms with Gasteiger partial charge in [-0.1, -0.05) is 0 Å². The van der Waals surface area contributed by atoms with Gasteiger partial charge in [0, 0.05) is 19.6 Å². The molecule has 1 aliphatic carbocycles. The number of carbonyl (C=O) groups is 1. The van der Waals surface area contributed by atoms with Crippen LogP contribution in [0.25, 0.3) is 0 Å². The Morgan fingerprint density at radius 3 is 2.75 bits per heavy atom. The summed E-state index contributed by atoms with van der Waals surface area (Å²) in [5, 5.41) is 3.20. The summed E-state index contributed by atoms with van der Waals surface area (Å²) in [6.45, 7) is 0.833. The van der Waals surface area contributed by atoms with Crippen LogP contribution in [-0.4, -0.2) is 31.6 Å². The Hall–Kier alpha value is -0.410. The molecular weight excluding hydrogens is 154 g/mol. The Balaban J connectivity index is 1.85. The van der Waals surface area contributed by atoms with E-state index in [0.717, 1.165) is 25.8 Å². The van der Waals surface area contributed by atoms with Gasteiger partial charge in [0.05, 0.1) is 12.1 Å². The average Bonchev–Trinajstić information content (AvgIpc) is 2.82. The minimum atomic E-state index is 0.0856. The van der Waals surface area contributed by atoms with Crippen LogP contribution in [0.15, 0.2) is 0 Å². The highest BCUT2D eigenvalue weighted by Crippen LogP contribution is 2.32. The molecular formula is C9H15NO2. The van der Waals surface area contributed by atoms with Crippen molar-refractivity contribution in [2.45, 2.75) is 31.4 Å². The maximum absolute atomic E-state index is 11.6. The topological polar surface area (TPSA) is 38.3 Å². The normalized spacial score (nSPS) is 35.4. The Labute approximate surface area is 72.5 Å². The smallest absolute Gasteiger partial charge is 0.152 e. The molecule has 1 aliphatic heterocycles. The molecule has 0 radical (unpaired) electrons. The van der Waals surface area contributed by atoms with E-state index in [4.69, 9.17) is 4.74 Å². The van der Waals surface area contributed by atoms with E-state index in [9.17, 15) is 4.79 Å². The van der Waals surface area contributed by atoms with Crippen LogP contribution in [0.1, 0.15) is 19.3 Å². The lowest BCUT2D eigenvalue weighted by Crippen LogP contribution is -2.31. The van der Waals surface area contributed by atoms with Gasteiger partial charge in [-0.05, 0) is 19.3 Å². The molecule has 68 valence electrons. The summed E-state index contributed by atoms with van der Waals surface area (Å²) in [4.78, 5) is 11.6. The summed E-state index contributed by atoms with van der Waals surface area (Å²) in [7, 11) is 1.70. The number of ether oxygens (including phenoxy) is 1. The molecule has 2 unspecified atom stereocenters. The van der Waals surface area contributed by atoms with Gasteiger partial charge in [-0.2, -0.15) is 0 Å². The van der Waals surface area contributed by atoms with Gasteiger partial charge in [0.1, 0.15) is 0 Å². The first-order chi connectivity index (χ1) is 5.81. The molecule has 1 saturated heterocycles. The van der Waals surface area contributed by atoms with Crippen molar-refractivity contribution >= 4 is 5.78 Å². The third-order valence-corrected chi connectivity index (χ3v) is 2.75. The van der Waals surface area contributed by atoms with Gasteiger partial charge in [0.2, 0.25) is 0 Å². The fourth-order valence-corrected chi connectivity index (χ4v) is 1.75. The zero-order valence-electron chi connectivity index (χ0n) is 7.38. The highest BCUT2D eigenvalue weighted by molar-refractivity contribution is 5.88. The summed E-state index contributed by atoms with van der Waals surface area (Å²) in [5.74, 6) is 0.785. The summed E-state index contributed by atoms with van der Waals surface area (Å²) >= 11 is 0. The summed E-state index contributed by atoms with van der Waals surface area (Å²) < 4.78 is 5.18. The van der Waals surface area contributed by atoms with Crippen molar-refractivity contribution in [1.82, 2.24) is 5.32 Å². The van der Waals surface area contributed by atoms with Crippen LogP contribution in [0, 0.1) is 5.92 Å². The predicted octanol–water partition coefficient (Wildman–Crippen LogP) is 0.342. The Kier molecular flexibility index (Phi) is 2.15. The molecule has 2 fully saturated rings. The Morgan fingerprint density at radius 1 is 1.50 bits per heavy atom. The first kappa shape index (κ1) is 8.20. The fourth-order valence-electron chi connectivity index (χ4n) is 1.75. The minimum Gasteiger partial charge on any atom is -0.380 e. The van der Waals surface area contributed by atoms with Gasteiger partial charge in [-0.25, -0.2) is 0 Å². The van der Waals surface area contributed by atoms with Crippen molar-refractivity contribution < 1.29 is 9.53 Å². The first-order valence-corrected chi connectivity index (χ1v) is 4.61. The second kappa shape index (κ2) is 3.15. The molecule has 2 rings (SSSR count). The predicted molar refractivity (Wildman–Crippen MR) is 44.9 cm³/mol. The number of hydrogen-bond donors (Lipinski definition) is 1. The lowest BCUT2D eigenvalue weighted by Gasteiger charge is -2.07. The molecule has 2 atom stereocenters. The number of hydrogen-bond acceptors (Lipinski definition) is 3. The van der Waals surface area contributed by atoms with Crippen molar-refractivity contribution in [3.05, 3.63) is 0 Å². The van der Waals surface area contributed by atoms with Gasteiger partial charge >= 0.3 is 0 Å².